The van der Waals surface area contributed by atoms with E-state index in [0.29, 0.717) is 0 Å². The Bertz CT molecular complexity index is 451. The van der Waals surface area contributed by atoms with Crippen molar-refractivity contribution in [3.05, 3.63) is 39.4 Å². The molecule has 1 aromatic rings. The lowest BCUT2D eigenvalue weighted by atomic mass is 10.1. The highest BCUT2D eigenvalue weighted by Crippen LogP contribution is 2.17. The summed E-state index contributed by atoms with van der Waals surface area (Å²) in [4.78, 5) is 32.2. The SMILES string of the molecule is CCOC(=O)c1cc(C(N)=O)cc([N+](=O)[O-])c1. The topological polar surface area (TPSA) is 113 Å². The average Bonchev–Trinajstić information content (AvgIpc) is 2.28. The Morgan fingerprint density at radius 2 is 1.94 bits per heavy atom. The molecule has 7 nitrogen and oxygen atoms in total. The van der Waals surface area contributed by atoms with Crippen LogP contribution in [-0.4, -0.2) is 23.4 Å². The first kappa shape index (κ1) is 12.6. The molecule has 0 aliphatic heterocycles. The summed E-state index contributed by atoms with van der Waals surface area (Å²) in [7, 11) is 0. The number of nitro benzene ring substituents is 1. The quantitative estimate of drug-likeness (QED) is 0.475. The molecule has 1 amide bonds. The molecular weight excluding hydrogens is 228 g/mol. The summed E-state index contributed by atoms with van der Waals surface area (Å²) in [5, 5.41) is 10.6. The number of esters is 1. The number of non-ortho nitro benzene ring substituents is 1. The summed E-state index contributed by atoms with van der Waals surface area (Å²) in [5.74, 6) is -1.59. The third-order valence-corrected chi connectivity index (χ3v) is 1.92. The highest BCUT2D eigenvalue weighted by molar-refractivity contribution is 5.98. The first-order chi connectivity index (χ1) is 7.95. The van der Waals surface area contributed by atoms with Crippen LogP contribution in [0.25, 0.3) is 0 Å². The van der Waals surface area contributed by atoms with Gasteiger partial charge in [-0.1, -0.05) is 0 Å². The zero-order chi connectivity index (χ0) is 13.0. The van der Waals surface area contributed by atoms with Crippen LogP contribution in [0.15, 0.2) is 18.2 Å². The van der Waals surface area contributed by atoms with E-state index in [9.17, 15) is 19.7 Å². The lowest BCUT2D eigenvalue weighted by Gasteiger charge is -2.03. The van der Waals surface area contributed by atoms with Gasteiger partial charge in [-0.25, -0.2) is 4.79 Å². The van der Waals surface area contributed by atoms with Gasteiger partial charge in [0, 0.05) is 17.7 Å². The first-order valence-electron chi connectivity index (χ1n) is 4.72. The second-order valence-electron chi connectivity index (χ2n) is 3.11. The maximum atomic E-state index is 11.4. The van der Waals surface area contributed by atoms with E-state index in [4.69, 9.17) is 5.73 Å². The standard InChI is InChI=1S/C10H10N2O5/c1-2-17-10(14)7-3-6(9(11)13)4-8(5-7)12(15)16/h3-5H,2H2,1H3,(H2,11,13). The zero-order valence-corrected chi connectivity index (χ0v) is 9.00. The van der Waals surface area contributed by atoms with Gasteiger partial charge in [-0.3, -0.25) is 14.9 Å². The Kier molecular flexibility index (Phi) is 3.76. The number of carbonyl (C=O) groups excluding carboxylic acids is 2. The number of ether oxygens (including phenoxy) is 1. The van der Waals surface area contributed by atoms with Gasteiger partial charge in [-0.05, 0) is 13.0 Å². The number of hydrogen-bond donors (Lipinski definition) is 1. The van der Waals surface area contributed by atoms with Crippen LogP contribution in [0.4, 0.5) is 5.69 Å². The first-order valence-corrected chi connectivity index (χ1v) is 4.72. The van der Waals surface area contributed by atoms with E-state index >= 15 is 0 Å². The van der Waals surface area contributed by atoms with Crippen LogP contribution in [0.2, 0.25) is 0 Å². The fourth-order valence-corrected chi connectivity index (χ4v) is 1.19. The third kappa shape index (κ3) is 3.00. The van der Waals surface area contributed by atoms with Gasteiger partial charge in [0.25, 0.3) is 5.69 Å². The minimum Gasteiger partial charge on any atom is -0.462 e. The minimum absolute atomic E-state index is 0.0742. The van der Waals surface area contributed by atoms with Crippen molar-refractivity contribution in [2.24, 2.45) is 5.73 Å². The van der Waals surface area contributed by atoms with E-state index in [0.717, 1.165) is 18.2 Å². The van der Waals surface area contributed by atoms with Crippen molar-refractivity contribution >= 4 is 17.6 Å². The molecule has 0 bridgehead atoms. The van der Waals surface area contributed by atoms with Gasteiger partial charge in [0.1, 0.15) is 0 Å². The summed E-state index contributed by atoms with van der Waals surface area (Å²) >= 11 is 0. The predicted octanol–water partition coefficient (Wildman–Crippen LogP) is 0.870. The number of primary amides is 1. The van der Waals surface area contributed by atoms with Crippen LogP contribution in [0.3, 0.4) is 0 Å². The molecule has 17 heavy (non-hydrogen) atoms. The largest absolute Gasteiger partial charge is 0.462 e. The zero-order valence-electron chi connectivity index (χ0n) is 9.00. The van der Waals surface area contributed by atoms with Crippen LogP contribution >= 0.6 is 0 Å². The van der Waals surface area contributed by atoms with Gasteiger partial charge in [0.2, 0.25) is 5.91 Å². The molecule has 7 heteroatoms. The van der Waals surface area contributed by atoms with Gasteiger partial charge in [0.15, 0.2) is 0 Å². The molecule has 0 atom stereocenters. The Labute approximate surface area is 96.3 Å². The normalized spacial score (nSPS) is 9.71. The number of rotatable bonds is 4. The Morgan fingerprint density at radius 3 is 2.41 bits per heavy atom. The van der Waals surface area contributed by atoms with Crippen LogP contribution in [0, 0.1) is 10.1 Å². The van der Waals surface area contributed by atoms with Crippen molar-refractivity contribution in [1.82, 2.24) is 0 Å². The summed E-state index contributed by atoms with van der Waals surface area (Å²) in [5.41, 5.74) is 4.44. The molecule has 0 radical (unpaired) electrons. The van der Waals surface area contributed by atoms with Crippen LogP contribution in [-0.2, 0) is 4.74 Å². The van der Waals surface area contributed by atoms with Crippen molar-refractivity contribution in [2.75, 3.05) is 6.61 Å². The van der Waals surface area contributed by atoms with Crippen molar-refractivity contribution in [2.45, 2.75) is 6.92 Å². The molecule has 1 rings (SSSR count). The molecule has 0 heterocycles. The summed E-state index contributed by atoms with van der Waals surface area (Å²) in [6.45, 7) is 1.73. The van der Waals surface area contributed by atoms with E-state index in [1.807, 2.05) is 0 Å². The molecular formula is C10H10N2O5. The average molecular weight is 238 g/mol. The number of nitrogens with two attached hydrogens (primary N) is 1. The summed E-state index contributed by atoms with van der Waals surface area (Å²) in [6, 6.07) is 3.20. The number of carbonyl (C=O) groups is 2. The van der Waals surface area contributed by atoms with Gasteiger partial charge in [-0.15, -0.1) is 0 Å². The maximum absolute atomic E-state index is 11.4. The second kappa shape index (κ2) is 5.06. The number of amides is 1. The molecule has 0 saturated heterocycles. The smallest absolute Gasteiger partial charge is 0.338 e. The van der Waals surface area contributed by atoms with Crippen molar-refractivity contribution in [1.29, 1.82) is 0 Å². The van der Waals surface area contributed by atoms with Gasteiger partial charge < -0.3 is 10.5 Å². The maximum Gasteiger partial charge on any atom is 0.338 e. The molecule has 0 fully saturated rings. The van der Waals surface area contributed by atoms with Crippen molar-refractivity contribution < 1.29 is 19.2 Å². The number of hydrogen-bond acceptors (Lipinski definition) is 5. The fraction of sp³-hybridized carbons (Fsp3) is 0.200. The molecule has 0 saturated carbocycles. The van der Waals surface area contributed by atoms with Gasteiger partial charge in [0.05, 0.1) is 17.1 Å². The molecule has 0 aromatic heterocycles. The van der Waals surface area contributed by atoms with Crippen LogP contribution in [0.5, 0.6) is 0 Å². The molecule has 0 spiro atoms. The minimum atomic E-state index is -0.848. The Morgan fingerprint density at radius 1 is 1.35 bits per heavy atom. The molecule has 90 valence electrons. The summed E-state index contributed by atoms with van der Waals surface area (Å²) in [6.07, 6.45) is 0. The number of benzene rings is 1. The predicted molar refractivity (Wildman–Crippen MR) is 57.6 cm³/mol. The monoisotopic (exact) mass is 238 g/mol. The van der Waals surface area contributed by atoms with Gasteiger partial charge in [-0.2, -0.15) is 0 Å². The fourth-order valence-electron chi connectivity index (χ4n) is 1.19. The number of nitrogens with zero attached hydrogens (tertiary/aromatic N) is 1. The third-order valence-electron chi connectivity index (χ3n) is 1.92. The molecule has 2 N–H and O–H groups in total. The molecule has 0 aliphatic rings. The van der Waals surface area contributed by atoms with Gasteiger partial charge >= 0.3 is 5.97 Å². The van der Waals surface area contributed by atoms with E-state index in [1.165, 1.54) is 0 Å². The highest BCUT2D eigenvalue weighted by atomic mass is 16.6. The van der Waals surface area contributed by atoms with E-state index < -0.39 is 16.8 Å². The van der Waals surface area contributed by atoms with E-state index in [2.05, 4.69) is 4.74 Å². The Balaban J connectivity index is 3.26. The number of nitro groups is 1. The second-order valence-corrected chi connectivity index (χ2v) is 3.11. The van der Waals surface area contributed by atoms with Crippen LogP contribution in [0.1, 0.15) is 27.6 Å². The Hall–Kier alpha value is -2.44. The molecule has 0 aliphatic carbocycles. The van der Waals surface area contributed by atoms with E-state index in [1.54, 1.807) is 6.92 Å². The lowest BCUT2D eigenvalue weighted by molar-refractivity contribution is -0.384. The van der Waals surface area contributed by atoms with Crippen molar-refractivity contribution in [3.8, 4) is 0 Å². The van der Waals surface area contributed by atoms with Crippen LogP contribution < -0.4 is 5.73 Å². The summed E-state index contributed by atoms with van der Waals surface area (Å²) < 4.78 is 4.68. The molecule has 0 unspecified atom stereocenters. The van der Waals surface area contributed by atoms with Crippen molar-refractivity contribution in [3.63, 3.8) is 0 Å². The molecule has 1 aromatic carbocycles. The highest BCUT2D eigenvalue weighted by Gasteiger charge is 2.17. The van der Waals surface area contributed by atoms with E-state index in [-0.39, 0.29) is 23.4 Å². The lowest BCUT2D eigenvalue weighted by Crippen LogP contribution is -2.13.